The first-order valence-corrected chi connectivity index (χ1v) is 6.23. The van der Waals surface area contributed by atoms with E-state index in [1.807, 2.05) is 42.5 Å². The number of aliphatic hydroxyl groups is 1. The molecule has 0 aromatic heterocycles. The van der Waals surface area contributed by atoms with Crippen LogP contribution in [0.3, 0.4) is 0 Å². The van der Waals surface area contributed by atoms with Gasteiger partial charge in [-0.1, -0.05) is 46.3 Å². The van der Waals surface area contributed by atoms with Crippen LogP contribution >= 0.6 is 15.9 Å². The van der Waals surface area contributed by atoms with Gasteiger partial charge in [-0.3, -0.25) is 0 Å². The monoisotopic (exact) mass is 291 g/mol. The van der Waals surface area contributed by atoms with Crippen molar-refractivity contribution in [2.45, 2.75) is 12.5 Å². The van der Waals surface area contributed by atoms with Crippen molar-refractivity contribution >= 4 is 21.6 Å². The normalized spacial score (nSPS) is 12.4. The first-order chi connectivity index (χ1) is 8.16. The van der Waals surface area contributed by atoms with Gasteiger partial charge in [0, 0.05) is 22.1 Å². The van der Waals surface area contributed by atoms with Gasteiger partial charge in [-0.25, -0.2) is 0 Å². The molecule has 3 N–H and O–H groups in total. The van der Waals surface area contributed by atoms with Crippen LogP contribution in [0.4, 0.5) is 5.69 Å². The summed E-state index contributed by atoms with van der Waals surface area (Å²) in [5, 5.41) is 10.2. The van der Waals surface area contributed by atoms with Crippen molar-refractivity contribution in [2.75, 3.05) is 5.73 Å². The highest BCUT2D eigenvalue weighted by Crippen LogP contribution is 2.24. The number of nitrogen functional groups attached to an aromatic ring is 1. The van der Waals surface area contributed by atoms with Gasteiger partial charge in [0.15, 0.2) is 0 Å². The summed E-state index contributed by atoms with van der Waals surface area (Å²) in [6.07, 6.45) is -0.00120. The number of hydrogen-bond donors (Lipinski definition) is 2. The number of aliphatic hydroxyl groups excluding tert-OH is 1. The number of para-hydroxylation sites is 1. The van der Waals surface area contributed by atoms with Crippen LogP contribution in [0.2, 0.25) is 0 Å². The molecule has 2 nitrogen and oxygen atoms in total. The maximum atomic E-state index is 10.2. The van der Waals surface area contributed by atoms with Gasteiger partial charge in [-0.15, -0.1) is 0 Å². The maximum Gasteiger partial charge on any atom is 0.0850 e. The fourth-order valence-electron chi connectivity index (χ4n) is 1.81. The van der Waals surface area contributed by atoms with Gasteiger partial charge < -0.3 is 10.8 Å². The van der Waals surface area contributed by atoms with E-state index >= 15 is 0 Å². The summed E-state index contributed by atoms with van der Waals surface area (Å²) in [7, 11) is 0. The summed E-state index contributed by atoms with van der Waals surface area (Å²) < 4.78 is 1.02. The van der Waals surface area contributed by atoms with Crippen molar-refractivity contribution < 1.29 is 5.11 Å². The number of hydrogen-bond acceptors (Lipinski definition) is 2. The average molecular weight is 292 g/mol. The number of rotatable bonds is 3. The Bertz CT molecular complexity index is 513. The zero-order valence-electron chi connectivity index (χ0n) is 9.31. The maximum absolute atomic E-state index is 10.2. The molecule has 0 spiro atoms. The molecule has 0 aliphatic heterocycles. The van der Waals surface area contributed by atoms with Crippen LogP contribution in [0.25, 0.3) is 0 Å². The second-order valence-electron chi connectivity index (χ2n) is 3.98. The Balaban J connectivity index is 2.17. The summed E-state index contributed by atoms with van der Waals surface area (Å²) in [6.45, 7) is 0. The quantitative estimate of drug-likeness (QED) is 0.853. The smallest absolute Gasteiger partial charge is 0.0850 e. The molecule has 0 saturated carbocycles. The Morgan fingerprint density at radius 2 is 1.88 bits per heavy atom. The summed E-state index contributed by atoms with van der Waals surface area (Å²) >= 11 is 3.42. The molecule has 0 bridgehead atoms. The highest BCUT2D eigenvalue weighted by molar-refractivity contribution is 9.10. The molecule has 2 rings (SSSR count). The minimum absolute atomic E-state index is 0.563. The Kier molecular flexibility index (Phi) is 3.82. The molecule has 1 unspecified atom stereocenters. The topological polar surface area (TPSA) is 46.2 Å². The van der Waals surface area contributed by atoms with E-state index in [4.69, 9.17) is 5.73 Å². The van der Waals surface area contributed by atoms with Gasteiger partial charge in [-0.05, 0) is 23.8 Å². The van der Waals surface area contributed by atoms with Gasteiger partial charge in [0.05, 0.1) is 6.10 Å². The number of benzene rings is 2. The van der Waals surface area contributed by atoms with E-state index in [1.165, 1.54) is 0 Å². The minimum Gasteiger partial charge on any atom is -0.398 e. The standard InChI is InChI=1S/C14H14BrNO/c15-11-5-3-4-10(8-11)9-14(17)12-6-1-2-7-13(12)16/h1-8,14,17H,9,16H2. The summed E-state index contributed by atoms with van der Waals surface area (Å²) in [5.74, 6) is 0. The average Bonchev–Trinajstić information content (AvgIpc) is 2.29. The lowest BCUT2D eigenvalue weighted by Gasteiger charge is -2.13. The fraction of sp³-hybridized carbons (Fsp3) is 0.143. The Hall–Kier alpha value is -1.32. The lowest BCUT2D eigenvalue weighted by Crippen LogP contribution is -2.05. The second-order valence-corrected chi connectivity index (χ2v) is 4.89. The molecular formula is C14H14BrNO. The number of halogens is 1. The van der Waals surface area contributed by atoms with Crippen molar-refractivity contribution in [2.24, 2.45) is 0 Å². The molecule has 0 radical (unpaired) electrons. The van der Waals surface area contributed by atoms with Crippen LogP contribution in [0, 0.1) is 0 Å². The second kappa shape index (κ2) is 5.34. The van der Waals surface area contributed by atoms with E-state index < -0.39 is 6.10 Å². The third-order valence-electron chi connectivity index (χ3n) is 2.67. The fourth-order valence-corrected chi connectivity index (χ4v) is 2.26. The van der Waals surface area contributed by atoms with E-state index in [-0.39, 0.29) is 0 Å². The molecule has 0 fully saturated rings. The molecule has 1 atom stereocenters. The zero-order chi connectivity index (χ0) is 12.3. The Morgan fingerprint density at radius 1 is 1.12 bits per heavy atom. The van der Waals surface area contributed by atoms with Gasteiger partial charge in [0.2, 0.25) is 0 Å². The van der Waals surface area contributed by atoms with E-state index in [1.54, 1.807) is 6.07 Å². The molecular weight excluding hydrogens is 278 g/mol. The van der Waals surface area contributed by atoms with Crippen molar-refractivity contribution in [1.82, 2.24) is 0 Å². The summed E-state index contributed by atoms with van der Waals surface area (Å²) in [5.41, 5.74) is 8.33. The summed E-state index contributed by atoms with van der Waals surface area (Å²) in [6, 6.07) is 15.3. The molecule has 0 aliphatic carbocycles. The molecule has 2 aromatic rings. The molecule has 0 saturated heterocycles. The number of nitrogens with two attached hydrogens (primary N) is 1. The van der Waals surface area contributed by atoms with Gasteiger partial charge in [0.25, 0.3) is 0 Å². The molecule has 88 valence electrons. The zero-order valence-corrected chi connectivity index (χ0v) is 10.9. The largest absolute Gasteiger partial charge is 0.398 e. The lowest BCUT2D eigenvalue weighted by molar-refractivity contribution is 0.179. The predicted molar refractivity (Wildman–Crippen MR) is 73.7 cm³/mol. The van der Waals surface area contributed by atoms with E-state index in [0.29, 0.717) is 12.1 Å². The van der Waals surface area contributed by atoms with Gasteiger partial charge in [0.1, 0.15) is 0 Å². The van der Waals surface area contributed by atoms with Crippen LogP contribution in [0.1, 0.15) is 17.2 Å². The first kappa shape index (κ1) is 12.1. The number of anilines is 1. The highest BCUT2D eigenvalue weighted by atomic mass is 79.9. The lowest BCUT2D eigenvalue weighted by atomic mass is 10.0. The third-order valence-corrected chi connectivity index (χ3v) is 3.17. The molecule has 17 heavy (non-hydrogen) atoms. The van der Waals surface area contributed by atoms with E-state index in [0.717, 1.165) is 15.6 Å². The molecule has 0 aliphatic rings. The van der Waals surface area contributed by atoms with Crippen molar-refractivity contribution in [3.05, 3.63) is 64.1 Å². The van der Waals surface area contributed by atoms with Crippen LogP contribution in [-0.4, -0.2) is 5.11 Å². The van der Waals surface area contributed by atoms with Gasteiger partial charge >= 0.3 is 0 Å². The summed E-state index contributed by atoms with van der Waals surface area (Å²) in [4.78, 5) is 0. The molecule has 0 amide bonds. The van der Waals surface area contributed by atoms with Crippen LogP contribution in [0.15, 0.2) is 53.0 Å². The van der Waals surface area contributed by atoms with Crippen molar-refractivity contribution in [3.8, 4) is 0 Å². The van der Waals surface area contributed by atoms with Crippen molar-refractivity contribution in [1.29, 1.82) is 0 Å². The molecule has 3 heteroatoms. The van der Waals surface area contributed by atoms with Gasteiger partial charge in [-0.2, -0.15) is 0 Å². The Labute approximate surface area is 109 Å². The third kappa shape index (κ3) is 3.08. The highest BCUT2D eigenvalue weighted by Gasteiger charge is 2.11. The van der Waals surface area contributed by atoms with E-state index in [9.17, 15) is 5.11 Å². The van der Waals surface area contributed by atoms with Crippen molar-refractivity contribution in [3.63, 3.8) is 0 Å². The first-order valence-electron chi connectivity index (χ1n) is 5.44. The van der Waals surface area contributed by atoms with Crippen LogP contribution in [-0.2, 0) is 6.42 Å². The minimum atomic E-state index is -0.564. The SMILES string of the molecule is Nc1ccccc1C(O)Cc1cccc(Br)c1. The van der Waals surface area contributed by atoms with Crippen LogP contribution in [0.5, 0.6) is 0 Å². The molecule has 2 aromatic carbocycles. The van der Waals surface area contributed by atoms with Crippen LogP contribution < -0.4 is 5.73 Å². The van der Waals surface area contributed by atoms with E-state index in [2.05, 4.69) is 15.9 Å². The Morgan fingerprint density at radius 3 is 2.59 bits per heavy atom. The predicted octanol–water partition coefficient (Wildman–Crippen LogP) is 3.31. The molecule has 0 heterocycles.